The number of nitrogens with zero attached hydrogens (tertiary/aromatic N) is 2. The first kappa shape index (κ1) is 25.1. The number of carbonyl (C=O) groups is 1. The van der Waals surface area contributed by atoms with E-state index in [4.69, 9.17) is 34.8 Å². The molecule has 3 aromatic rings. The lowest BCUT2D eigenvalue weighted by molar-refractivity contribution is -0.121. The van der Waals surface area contributed by atoms with Gasteiger partial charge in [-0.05, 0) is 54.1 Å². The third-order valence-electron chi connectivity index (χ3n) is 4.42. The van der Waals surface area contributed by atoms with Crippen LogP contribution < -0.4 is 5.43 Å². The van der Waals surface area contributed by atoms with E-state index in [9.17, 15) is 17.6 Å². The zero-order valence-electron chi connectivity index (χ0n) is 16.9. The van der Waals surface area contributed by atoms with Crippen molar-refractivity contribution in [2.45, 2.75) is 11.4 Å². The molecule has 0 unspecified atom stereocenters. The van der Waals surface area contributed by atoms with Crippen molar-refractivity contribution in [2.75, 3.05) is 6.54 Å². The molecule has 11 heteroatoms. The van der Waals surface area contributed by atoms with Gasteiger partial charge in [0, 0.05) is 27.2 Å². The van der Waals surface area contributed by atoms with Crippen LogP contribution in [-0.2, 0) is 21.4 Å². The quantitative estimate of drug-likeness (QED) is 0.325. The van der Waals surface area contributed by atoms with Gasteiger partial charge in [-0.3, -0.25) is 4.79 Å². The lowest BCUT2D eigenvalue weighted by Crippen LogP contribution is -2.39. The van der Waals surface area contributed by atoms with E-state index in [1.54, 1.807) is 24.3 Å². The van der Waals surface area contributed by atoms with Gasteiger partial charge in [0.05, 0.1) is 17.7 Å². The van der Waals surface area contributed by atoms with E-state index in [-0.39, 0.29) is 15.5 Å². The zero-order valence-corrected chi connectivity index (χ0v) is 20.0. The monoisotopic (exact) mass is 527 g/mol. The number of rotatable bonds is 8. The van der Waals surface area contributed by atoms with Gasteiger partial charge in [-0.25, -0.2) is 18.2 Å². The molecule has 0 aliphatic heterocycles. The number of hydrazone groups is 1. The maximum atomic E-state index is 14.4. The summed E-state index contributed by atoms with van der Waals surface area (Å²) in [5.41, 5.74) is 2.83. The summed E-state index contributed by atoms with van der Waals surface area (Å²) >= 11 is 17.8. The molecule has 3 rings (SSSR count). The highest BCUT2D eigenvalue weighted by Crippen LogP contribution is 2.25. The Hall–Kier alpha value is -2.49. The average molecular weight is 529 g/mol. The molecule has 0 radical (unpaired) electrons. The van der Waals surface area contributed by atoms with Gasteiger partial charge in [0.15, 0.2) is 0 Å². The lowest BCUT2D eigenvalue weighted by Gasteiger charge is -2.22. The van der Waals surface area contributed by atoms with Crippen LogP contribution in [0.5, 0.6) is 0 Å². The fourth-order valence-electron chi connectivity index (χ4n) is 2.80. The third kappa shape index (κ3) is 6.75. The Morgan fingerprint density at radius 3 is 2.36 bits per heavy atom. The van der Waals surface area contributed by atoms with Crippen LogP contribution in [0.15, 0.2) is 76.7 Å². The van der Waals surface area contributed by atoms with Crippen LogP contribution in [0.25, 0.3) is 0 Å². The minimum atomic E-state index is -4.21. The first-order valence-electron chi connectivity index (χ1n) is 9.43. The predicted octanol–water partition coefficient (Wildman–Crippen LogP) is 5.13. The molecule has 1 amide bonds. The van der Waals surface area contributed by atoms with E-state index >= 15 is 0 Å². The minimum absolute atomic E-state index is 0.0330. The first-order valence-corrected chi connectivity index (χ1v) is 12.0. The van der Waals surface area contributed by atoms with Crippen molar-refractivity contribution in [3.63, 3.8) is 0 Å². The van der Waals surface area contributed by atoms with E-state index in [0.717, 1.165) is 10.4 Å². The highest BCUT2D eigenvalue weighted by Gasteiger charge is 2.28. The number of benzene rings is 3. The van der Waals surface area contributed by atoms with Crippen molar-refractivity contribution >= 4 is 56.9 Å². The average Bonchev–Trinajstić information content (AvgIpc) is 2.76. The Labute approximate surface area is 205 Å². The molecular weight excluding hydrogens is 512 g/mol. The zero-order chi connectivity index (χ0) is 24.0. The molecule has 0 fully saturated rings. The molecule has 0 heterocycles. The van der Waals surface area contributed by atoms with Gasteiger partial charge in [-0.2, -0.15) is 9.41 Å². The van der Waals surface area contributed by atoms with E-state index in [0.29, 0.717) is 15.6 Å². The number of hydrogen-bond acceptors (Lipinski definition) is 4. The number of sulfonamides is 1. The third-order valence-corrected chi connectivity index (χ3v) is 7.07. The van der Waals surface area contributed by atoms with Crippen molar-refractivity contribution < 1.29 is 17.6 Å². The molecule has 33 heavy (non-hydrogen) atoms. The fraction of sp³-hybridized carbons (Fsp3) is 0.0909. The van der Waals surface area contributed by atoms with Crippen LogP contribution in [-0.4, -0.2) is 31.4 Å². The second-order valence-electron chi connectivity index (χ2n) is 6.78. The van der Waals surface area contributed by atoms with Crippen LogP contribution in [0.2, 0.25) is 15.1 Å². The van der Waals surface area contributed by atoms with Crippen LogP contribution in [0.4, 0.5) is 4.39 Å². The normalized spacial score (nSPS) is 11.8. The van der Waals surface area contributed by atoms with Crippen molar-refractivity contribution in [3.05, 3.63) is 98.7 Å². The van der Waals surface area contributed by atoms with Crippen molar-refractivity contribution in [1.29, 1.82) is 0 Å². The SMILES string of the molecule is O=C(CN(Cc1c(F)cccc1Cl)S(=O)(=O)c1ccc(Cl)cc1)N/N=C\c1cccc(Cl)c1. The first-order chi connectivity index (χ1) is 15.7. The van der Waals surface area contributed by atoms with Crippen molar-refractivity contribution in [1.82, 2.24) is 9.73 Å². The second kappa shape index (κ2) is 11.1. The Balaban J connectivity index is 1.84. The Morgan fingerprint density at radius 1 is 1.00 bits per heavy atom. The molecule has 0 spiro atoms. The molecular formula is C22H17Cl3FN3O3S. The number of halogens is 4. The molecule has 3 aromatic carbocycles. The molecule has 0 aliphatic rings. The highest BCUT2D eigenvalue weighted by atomic mass is 35.5. The highest BCUT2D eigenvalue weighted by molar-refractivity contribution is 7.89. The van der Waals surface area contributed by atoms with Crippen LogP contribution in [0, 0.1) is 5.82 Å². The van der Waals surface area contributed by atoms with Gasteiger partial charge in [0.1, 0.15) is 5.82 Å². The number of carbonyl (C=O) groups excluding carboxylic acids is 1. The van der Waals surface area contributed by atoms with E-state index in [1.807, 2.05) is 0 Å². The van der Waals surface area contributed by atoms with Gasteiger partial charge < -0.3 is 0 Å². The lowest BCUT2D eigenvalue weighted by atomic mass is 10.2. The predicted molar refractivity (Wildman–Crippen MR) is 128 cm³/mol. The maximum Gasteiger partial charge on any atom is 0.255 e. The van der Waals surface area contributed by atoms with Crippen LogP contribution in [0.3, 0.4) is 0 Å². The summed E-state index contributed by atoms with van der Waals surface area (Å²) in [7, 11) is -4.21. The summed E-state index contributed by atoms with van der Waals surface area (Å²) in [6.07, 6.45) is 1.36. The molecule has 0 saturated heterocycles. The molecule has 0 bridgehead atoms. The van der Waals surface area contributed by atoms with Gasteiger partial charge in [-0.1, -0.05) is 53.0 Å². The molecule has 0 atom stereocenters. The van der Waals surface area contributed by atoms with Crippen LogP contribution in [0.1, 0.15) is 11.1 Å². The van der Waals surface area contributed by atoms with E-state index < -0.39 is 34.8 Å². The Bertz CT molecular complexity index is 1270. The summed E-state index contributed by atoms with van der Waals surface area (Å²) in [5, 5.41) is 4.69. The number of amides is 1. The summed E-state index contributed by atoms with van der Waals surface area (Å²) in [4.78, 5) is 12.4. The molecule has 0 aliphatic carbocycles. The molecule has 6 nitrogen and oxygen atoms in total. The standard InChI is InChI=1S/C22H17Cl3FN3O3S/c23-16-7-9-18(10-8-16)33(31,32)29(13-19-20(25)5-2-6-21(19)26)14-22(30)28-27-12-15-3-1-4-17(24)11-15/h1-12H,13-14H2,(H,28,30)/b27-12-. The van der Waals surface area contributed by atoms with Gasteiger partial charge in [-0.15, -0.1) is 0 Å². The summed E-state index contributed by atoms with van der Waals surface area (Å²) in [5.74, 6) is -1.43. The van der Waals surface area contributed by atoms with E-state index in [2.05, 4.69) is 10.5 Å². The fourth-order valence-corrected chi connectivity index (χ4v) is 4.71. The second-order valence-corrected chi connectivity index (χ2v) is 9.99. The van der Waals surface area contributed by atoms with Gasteiger partial charge >= 0.3 is 0 Å². The molecule has 172 valence electrons. The minimum Gasteiger partial charge on any atom is -0.272 e. The maximum absolute atomic E-state index is 14.4. The van der Waals surface area contributed by atoms with Crippen LogP contribution >= 0.6 is 34.8 Å². The molecule has 0 aromatic heterocycles. The topological polar surface area (TPSA) is 78.8 Å². The number of nitrogens with one attached hydrogen (secondary N) is 1. The Morgan fingerprint density at radius 2 is 1.70 bits per heavy atom. The van der Waals surface area contributed by atoms with E-state index in [1.165, 1.54) is 42.6 Å². The molecule has 0 saturated carbocycles. The van der Waals surface area contributed by atoms with Crippen molar-refractivity contribution in [3.8, 4) is 0 Å². The van der Waals surface area contributed by atoms with Gasteiger partial charge in [0.2, 0.25) is 10.0 Å². The largest absolute Gasteiger partial charge is 0.272 e. The van der Waals surface area contributed by atoms with Crippen molar-refractivity contribution in [2.24, 2.45) is 5.10 Å². The summed E-state index contributed by atoms with van der Waals surface area (Å²) in [6.45, 7) is -1.11. The number of hydrogen-bond donors (Lipinski definition) is 1. The Kier molecular flexibility index (Phi) is 8.45. The molecule has 1 N–H and O–H groups in total. The summed E-state index contributed by atoms with van der Waals surface area (Å²) < 4.78 is 41.6. The summed E-state index contributed by atoms with van der Waals surface area (Å²) in [6, 6.07) is 16.1. The smallest absolute Gasteiger partial charge is 0.255 e. The van der Waals surface area contributed by atoms with Gasteiger partial charge in [0.25, 0.3) is 5.91 Å².